The van der Waals surface area contributed by atoms with Gasteiger partial charge in [-0.05, 0) is 31.2 Å². The normalized spacial score (nSPS) is 14.8. The molecule has 0 fully saturated rings. The predicted octanol–water partition coefficient (Wildman–Crippen LogP) is 1.88. The van der Waals surface area contributed by atoms with E-state index in [2.05, 4.69) is 0 Å². The fourth-order valence-corrected chi connectivity index (χ4v) is 2.08. The maximum atomic E-state index is 10.8. The number of fused-ring (bicyclic) bond motifs is 1. The standard InChI is InChI=1S/C13H17NO4/c1-3-14(7-13(15)16)9(2)10-4-5-11-12(6-10)18-8-17-11/h4-6,9H,3,7-8H2,1-2H3,(H,15,16). The second-order valence-electron chi connectivity index (χ2n) is 4.25. The van der Waals surface area contributed by atoms with Gasteiger partial charge in [-0.25, -0.2) is 0 Å². The van der Waals surface area contributed by atoms with Crippen LogP contribution in [0.1, 0.15) is 25.5 Å². The molecule has 0 saturated carbocycles. The Morgan fingerprint density at radius 2 is 2.17 bits per heavy atom. The molecule has 5 nitrogen and oxygen atoms in total. The summed E-state index contributed by atoms with van der Waals surface area (Å²) >= 11 is 0. The summed E-state index contributed by atoms with van der Waals surface area (Å²) in [6, 6.07) is 5.75. The lowest BCUT2D eigenvalue weighted by atomic mass is 10.1. The van der Waals surface area contributed by atoms with E-state index in [1.54, 1.807) is 0 Å². The first kappa shape index (κ1) is 12.7. The van der Waals surface area contributed by atoms with Gasteiger partial charge in [-0.2, -0.15) is 0 Å². The average Bonchev–Trinajstić information content (AvgIpc) is 2.81. The number of hydrogen-bond donors (Lipinski definition) is 1. The minimum Gasteiger partial charge on any atom is -0.480 e. The third-order valence-corrected chi connectivity index (χ3v) is 3.17. The molecule has 0 spiro atoms. The molecule has 0 aromatic heterocycles. The fourth-order valence-electron chi connectivity index (χ4n) is 2.08. The molecule has 98 valence electrons. The van der Waals surface area contributed by atoms with Crippen LogP contribution in [0.25, 0.3) is 0 Å². The summed E-state index contributed by atoms with van der Waals surface area (Å²) in [6.45, 7) is 4.91. The van der Waals surface area contributed by atoms with Crippen molar-refractivity contribution in [2.24, 2.45) is 0 Å². The van der Waals surface area contributed by atoms with Crippen LogP contribution in [0, 0.1) is 0 Å². The number of aliphatic carboxylic acids is 1. The second kappa shape index (κ2) is 5.27. The van der Waals surface area contributed by atoms with Gasteiger partial charge in [0.05, 0.1) is 6.54 Å². The van der Waals surface area contributed by atoms with E-state index in [1.807, 2.05) is 36.9 Å². The topological polar surface area (TPSA) is 59.0 Å². The van der Waals surface area contributed by atoms with Crippen LogP contribution >= 0.6 is 0 Å². The van der Waals surface area contributed by atoms with E-state index >= 15 is 0 Å². The van der Waals surface area contributed by atoms with Crippen molar-refractivity contribution in [1.29, 1.82) is 0 Å². The third kappa shape index (κ3) is 2.56. The van der Waals surface area contributed by atoms with Crippen LogP contribution in [0.15, 0.2) is 18.2 Å². The lowest BCUT2D eigenvalue weighted by molar-refractivity contribution is -0.138. The number of carboxylic acid groups (broad SMARTS) is 1. The molecule has 18 heavy (non-hydrogen) atoms. The van der Waals surface area contributed by atoms with Crippen LogP contribution in [0.2, 0.25) is 0 Å². The highest BCUT2D eigenvalue weighted by atomic mass is 16.7. The number of rotatable bonds is 5. The third-order valence-electron chi connectivity index (χ3n) is 3.17. The SMILES string of the molecule is CCN(CC(=O)O)C(C)c1ccc2c(c1)OCO2. The van der Waals surface area contributed by atoms with E-state index in [-0.39, 0.29) is 19.4 Å². The van der Waals surface area contributed by atoms with E-state index in [1.165, 1.54) is 0 Å². The van der Waals surface area contributed by atoms with Gasteiger partial charge in [-0.1, -0.05) is 13.0 Å². The zero-order valence-electron chi connectivity index (χ0n) is 10.5. The lowest BCUT2D eigenvalue weighted by Gasteiger charge is -2.26. The number of carbonyl (C=O) groups is 1. The summed E-state index contributed by atoms with van der Waals surface area (Å²) < 4.78 is 10.6. The molecular weight excluding hydrogens is 234 g/mol. The van der Waals surface area contributed by atoms with Crippen molar-refractivity contribution in [3.8, 4) is 11.5 Å². The summed E-state index contributed by atoms with van der Waals surface area (Å²) in [4.78, 5) is 12.7. The number of hydrogen-bond acceptors (Lipinski definition) is 4. The van der Waals surface area contributed by atoms with E-state index in [0.717, 1.165) is 17.1 Å². The number of nitrogens with zero attached hydrogens (tertiary/aromatic N) is 1. The van der Waals surface area contributed by atoms with Crippen LogP contribution < -0.4 is 9.47 Å². The molecule has 5 heteroatoms. The van der Waals surface area contributed by atoms with Crippen LogP contribution in [0.3, 0.4) is 0 Å². The fraction of sp³-hybridized carbons (Fsp3) is 0.462. The van der Waals surface area contributed by atoms with Gasteiger partial charge in [-0.15, -0.1) is 0 Å². The Morgan fingerprint density at radius 1 is 1.44 bits per heavy atom. The van der Waals surface area contributed by atoms with Crippen molar-refractivity contribution in [3.05, 3.63) is 23.8 Å². The Bertz CT molecular complexity index is 447. The lowest BCUT2D eigenvalue weighted by Crippen LogP contribution is -2.32. The Kier molecular flexibility index (Phi) is 3.72. The van der Waals surface area contributed by atoms with Crippen LogP contribution in [-0.4, -0.2) is 35.9 Å². The maximum Gasteiger partial charge on any atom is 0.317 e. The molecule has 1 aliphatic rings. The molecule has 1 aromatic carbocycles. The van der Waals surface area contributed by atoms with Crippen molar-refractivity contribution in [1.82, 2.24) is 4.90 Å². The molecule has 1 aromatic rings. The van der Waals surface area contributed by atoms with Gasteiger partial charge in [0.25, 0.3) is 0 Å². The largest absolute Gasteiger partial charge is 0.480 e. The van der Waals surface area contributed by atoms with Crippen molar-refractivity contribution < 1.29 is 19.4 Å². The molecule has 0 bridgehead atoms. The van der Waals surface area contributed by atoms with Crippen molar-refractivity contribution in [2.75, 3.05) is 19.9 Å². The first-order valence-corrected chi connectivity index (χ1v) is 5.97. The zero-order valence-corrected chi connectivity index (χ0v) is 10.5. The molecule has 0 aliphatic carbocycles. The molecule has 1 unspecified atom stereocenters. The van der Waals surface area contributed by atoms with Crippen LogP contribution in [0.4, 0.5) is 0 Å². The molecule has 1 N–H and O–H groups in total. The molecule has 0 amide bonds. The molecule has 0 radical (unpaired) electrons. The molecule has 2 rings (SSSR count). The van der Waals surface area contributed by atoms with E-state index < -0.39 is 5.97 Å². The van der Waals surface area contributed by atoms with Crippen molar-refractivity contribution in [2.45, 2.75) is 19.9 Å². The highest BCUT2D eigenvalue weighted by molar-refractivity contribution is 5.69. The quantitative estimate of drug-likeness (QED) is 0.865. The smallest absolute Gasteiger partial charge is 0.317 e. The van der Waals surface area contributed by atoms with Crippen molar-refractivity contribution in [3.63, 3.8) is 0 Å². The van der Waals surface area contributed by atoms with Gasteiger partial charge < -0.3 is 14.6 Å². The first-order chi connectivity index (χ1) is 8.61. The average molecular weight is 251 g/mol. The molecule has 0 saturated heterocycles. The van der Waals surface area contributed by atoms with Gasteiger partial charge in [0.1, 0.15) is 0 Å². The van der Waals surface area contributed by atoms with E-state index in [4.69, 9.17) is 14.6 Å². The number of ether oxygens (including phenoxy) is 2. The van der Waals surface area contributed by atoms with Crippen molar-refractivity contribution >= 4 is 5.97 Å². The zero-order chi connectivity index (χ0) is 13.1. The Labute approximate surface area is 106 Å². The predicted molar refractivity (Wildman–Crippen MR) is 65.9 cm³/mol. The van der Waals surface area contributed by atoms with E-state index in [9.17, 15) is 4.79 Å². The van der Waals surface area contributed by atoms with E-state index in [0.29, 0.717) is 6.54 Å². The summed E-state index contributed by atoms with van der Waals surface area (Å²) in [6.07, 6.45) is 0. The van der Waals surface area contributed by atoms with Gasteiger partial charge in [-0.3, -0.25) is 9.69 Å². The number of benzene rings is 1. The summed E-state index contributed by atoms with van der Waals surface area (Å²) in [5, 5.41) is 8.88. The molecule has 1 atom stereocenters. The minimum absolute atomic E-state index is 0.0283. The van der Waals surface area contributed by atoms with Gasteiger partial charge >= 0.3 is 5.97 Å². The minimum atomic E-state index is -0.815. The van der Waals surface area contributed by atoms with Gasteiger partial charge in [0.2, 0.25) is 6.79 Å². The number of carboxylic acids is 1. The van der Waals surface area contributed by atoms with Crippen LogP contribution in [0.5, 0.6) is 11.5 Å². The monoisotopic (exact) mass is 251 g/mol. The highest BCUT2D eigenvalue weighted by Crippen LogP contribution is 2.35. The Hall–Kier alpha value is -1.75. The summed E-state index contributed by atoms with van der Waals surface area (Å²) in [5.74, 6) is 0.655. The molecular formula is C13H17NO4. The van der Waals surface area contributed by atoms with Crippen LogP contribution in [-0.2, 0) is 4.79 Å². The number of likely N-dealkylation sites (N-methyl/N-ethyl adjacent to an activating group) is 1. The molecule has 1 heterocycles. The van der Waals surface area contributed by atoms with Gasteiger partial charge in [0.15, 0.2) is 11.5 Å². The Balaban J connectivity index is 2.16. The highest BCUT2D eigenvalue weighted by Gasteiger charge is 2.20. The second-order valence-corrected chi connectivity index (χ2v) is 4.25. The first-order valence-electron chi connectivity index (χ1n) is 5.97. The molecule has 1 aliphatic heterocycles. The van der Waals surface area contributed by atoms with Gasteiger partial charge in [0, 0.05) is 6.04 Å². The maximum absolute atomic E-state index is 10.8. The Morgan fingerprint density at radius 3 is 2.83 bits per heavy atom. The summed E-state index contributed by atoms with van der Waals surface area (Å²) in [5.41, 5.74) is 1.03. The summed E-state index contributed by atoms with van der Waals surface area (Å²) in [7, 11) is 0.